The second-order valence-corrected chi connectivity index (χ2v) is 5.30. The Kier molecular flexibility index (Phi) is 9.15. The molecule has 0 N–H and O–H groups in total. The summed E-state index contributed by atoms with van der Waals surface area (Å²) in [7, 11) is 1.69. The van der Waals surface area contributed by atoms with E-state index in [2.05, 4.69) is 24.5 Å². The average molecular weight is 408 g/mol. The summed E-state index contributed by atoms with van der Waals surface area (Å²) in [5.41, 5.74) is 2.84. The molecule has 0 aromatic heterocycles. The summed E-state index contributed by atoms with van der Waals surface area (Å²) in [6.07, 6.45) is 5.87. The fraction of sp³-hybridized carbons (Fsp3) is 0.333. The smallest absolute Gasteiger partial charge is 0.117 e. The van der Waals surface area contributed by atoms with Gasteiger partial charge in [-0.1, -0.05) is 17.8 Å². The number of likely N-dealkylation sites (N-methyl/N-ethyl adjacent to an activating group) is 1. The van der Waals surface area contributed by atoms with E-state index in [1.165, 1.54) is 0 Å². The molecule has 0 spiro atoms. The molecule has 23 heavy (non-hydrogen) atoms. The molecule has 0 amide bonds. The molecule has 1 aliphatic heterocycles. The minimum Gasteiger partial charge on any atom is -0.494 e. The van der Waals surface area contributed by atoms with Gasteiger partial charge < -0.3 is 14.4 Å². The zero-order chi connectivity index (χ0) is 15.9. The van der Waals surface area contributed by atoms with Crippen molar-refractivity contribution in [1.29, 1.82) is 0 Å². The van der Waals surface area contributed by atoms with E-state index in [-0.39, 0.29) is 32.7 Å². The zero-order valence-electron chi connectivity index (χ0n) is 13.6. The SMILES string of the molecule is C=C1C(Cl)=C[C-]=C(c2ccc(OCCCOC)cc2)N1CC.[Y]. The molecule has 1 aromatic rings. The van der Waals surface area contributed by atoms with E-state index in [0.29, 0.717) is 18.2 Å². The normalized spacial score (nSPS) is 14.0. The Morgan fingerprint density at radius 1 is 1.22 bits per heavy atom. The predicted octanol–water partition coefficient (Wildman–Crippen LogP) is 4.22. The van der Waals surface area contributed by atoms with E-state index in [1.54, 1.807) is 13.2 Å². The van der Waals surface area contributed by atoms with Crippen molar-refractivity contribution in [1.82, 2.24) is 4.90 Å². The molecule has 1 radical (unpaired) electrons. The monoisotopic (exact) mass is 407 g/mol. The minimum absolute atomic E-state index is 0. The summed E-state index contributed by atoms with van der Waals surface area (Å²) in [5.74, 6) is 0.853. The Bertz CT molecular complexity index is 581. The molecule has 0 aliphatic carbocycles. The Hall–Kier alpha value is -0.606. The van der Waals surface area contributed by atoms with Gasteiger partial charge in [0, 0.05) is 59.4 Å². The van der Waals surface area contributed by atoms with Crippen LogP contribution in [0.2, 0.25) is 0 Å². The third kappa shape index (κ3) is 5.46. The standard InChI is InChI=1S/C18H21ClNO2.Y/c1-4-20-14(2)17(19)10-11-18(20)15-6-8-16(9-7-15)22-13-5-12-21-3;/h6-10H,2,4-5,12-13H2,1,3H3;/q-1;. The van der Waals surface area contributed by atoms with E-state index in [4.69, 9.17) is 21.1 Å². The largest absolute Gasteiger partial charge is 0.494 e. The van der Waals surface area contributed by atoms with Crippen LogP contribution in [0.1, 0.15) is 18.9 Å². The van der Waals surface area contributed by atoms with Crippen LogP contribution in [0.3, 0.4) is 0 Å². The third-order valence-corrected chi connectivity index (χ3v) is 3.74. The Morgan fingerprint density at radius 2 is 1.91 bits per heavy atom. The molecule has 1 heterocycles. The van der Waals surface area contributed by atoms with E-state index in [1.807, 2.05) is 24.3 Å². The average Bonchev–Trinajstić information content (AvgIpc) is 2.55. The van der Waals surface area contributed by atoms with Crippen molar-refractivity contribution in [3.05, 3.63) is 59.3 Å². The first-order chi connectivity index (χ1) is 10.7. The Balaban J connectivity index is 0.00000264. The molecule has 0 unspecified atom stereocenters. The number of rotatable bonds is 7. The van der Waals surface area contributed by atoms with Crippen LogP contribution in [0.15, 0.2) is 47.6 Å². The van der Waals surface area contributed by atoms with Crippen molar-refractivity contribution in [3.63, 3.8) is 0 Å². The second kappa shape index (κ2) is 10.3. The number of nitrogens with zero attached hydrogens (tertiary/aromatic N) is 1. The van der Waals surface area contributed by atoms with Crippen LogP contribution in [0.25, 0.3) is 5.70 Å². The third-order valence-electron chi connectivity index (χ3n) is 3.41. The van der Waals surface area contributed by atoms with Gasteiger partial charge in [0.05, 0.1) is 6.61 Å². The topological polar surface area (TPSA) is 21.7 Å². The van der Waals surface area contributed by atoms with Gasteiger partial charge in [0.1, 0.15) is 5.75 Å². The van der Waals surface area contributed by atoms with Crippen LogP contribution in [0.5, 0.6) is 5.75 Å². The maximum Gasteiger partial charge on any atom is 0.117 e. The van der Waals surface area contributed by atoms with Crippen molar-refractivity contribution in [2.75, 3.05) is 26.9 Å². The fourth-order valence-electron chi connectivity index (χ4n) is 2.25. The van der Waals surface area contributed by atoms with Gasteiger partial charge in [-0.2, -0.15) is 23.8 Å². The molecular weight excluding hydrogens is 387 g/mol. The quantitative estimate of drug-likeness (QED) is 0.499. The van der Waals surface area contributed by atoms with Gasteiger partial charge in [-0.05, 0) is 29.8 Å². The van der Waals surface area contributed by atoms with Gasteiger partial charge in [0.2, 0.25) is 0 Å². The molecule has 0 saturated heterocycles. The van der Waals surface area contributed by atoms with Crippen LogP contribution < -0.4 is 4.74 Å². The molecule has 5 heteroatoms. The second-order valence-electron chi connectivity index (χ2n) is 4.90. The Labute approximate surface area is 168 Å². The van der Waals surface area contributed by atoms with Crippen LogP contribution >= 0.6 is 11.6 Å². The molecular formula is C18H21ClNO2Y-. The van der Waals surface area contributed by atoms with Crippen molar-refractivity contribution in [3.8, 4) is 5.75 Å². The summed E-state index contributed by atoms with van der Waals surface area (Å²) in [6, 6.07) is 7.98. The van der Waals surface area contributed by atoms with Crippen molar-refractivity contribution >= 4 is 17.3 Å². The van der Waals surface area contributed by atoms with Crippen LogP contribution in [0.4, 0.5) is 0 Å². The van der Waals surface area contributed by atoms with Gasteiger partial charge in [-0.25, -0.2) is 0 Å². The minimum atomic E-state index is 0. The Morgan fingerprint density at radius 3 is 2.52 bits per heavy atom. The summed E-state index contributed by atoms with van der Waals surface area (Å²) in [5, 5.41) is 0.628. The van der Waals surface area contributed by atoms with Gasteiger partial charge in [-0.15, -0.1) is 12.1 Å². The number of ether oxygens (including phenoxy) is 2. The maximum atomic E-state index is 6.12. The molecule has 121 valence electrons. The maximum absolute atomic E-state index is 6.12. The van der Waals surface area contributed by atoms with Crippen LogP contribution in [-0.4, -0.2) is 31.8 Å². The van der Waals surface area contributed by atoms with E-state index < -0.39 is 0 Å². The molecule has 0 saturated carbocycles. The molecule has 0 atom stereocenters. The van der Waals surface area contributed by atoms with E-state index in [9.17, 15) is 0 Å². The molecule has 2 rings (SSSR count). The number of methoxy groups -OCH3 is 1. The fourth-order valence-corrected chi connectivity index (χ4v) is 2.40. The molecule has 0 fully saturated rings. The van der Waals surface area contributed by atoms with Crippen molar-refractivity contribution in [2.45, 2.75) is 13.3 Å². The first-order valence-electron chi connectivity index (χ1n) is 7.35. The van der Waals surface area contributed by atoms with Crippen LogP contribution in [-0.2, 0) is 37.4 Å². The number of hydrogen-bond donors (Lipinski definition) is 0. The summed E-state index contributed by atoms with van der Waals surface area (Å²) in [6.45, 7) is 8.24. The van der Waals surface area contributed by atoms with Gasteiger partial charge in [0.25, 0.3) is 0 Å². The van der Waals surface area contributed by atoms with Crippen molar-refractivity contribution in [2.24, 2.45) is 0 Å². The predicted molar refractivity (Wildman–Crippen MR) is 90.5 cm³/mol. The van der Waals surface area contributed by atoms with Gasteiger partial charge >= 0.3 is 0 Å². The number of allylic oxidation sites excluding steroid dienone is 3. The zero-order valence-corrected chi connectivity index (χ0v) is 17.2. The molecule has 3 nitrogen and oxygen atoms in total. The summed E-state index contributed by atoms with van der Waals surface area (Å²) < 4.78 is 10.7. The molecule has 1 aromatic carbocycles. The first-order valence-corrected chi connectivity index (χ1v) is 7.73. The first kappa shape index (κ1) is 20.4. The number of hydrogen-bond acceptors (Lipinski definition) is 3. The summed E-state index contributed by atoms with van der Waals surface area (Å²) >= 11 is 6.12. The summed E-state index contributed by atoms with van der Waals surface area (Å²) in [4.78, 5) is 2.05. The van der Waals surface area contributed by atoms with E-state index in [0.717, 1.165) is 35.7 Å². The molecule has 0 bridgehead atoms. The van der Waals surface area contributed by atoms with Crippen LogP contribution in [0, 0.1) is 6.08 Å². The van der Waals surface area contributed by atoms with Crippen molar-refractivity contribution < 1.29 is 42.2 Å². The van der Waals surface area contributed by atoms with E-state index >= 15 is 0 Å². The number of halogens is 1. The van der Waals surface area contributed by atoms with Gasteiger partial charge in [0.15, 0.2) is 0 Å². The molecule has 1 aliphatic rings. The number of benzene rings is 1. The van der Waals surface area contributed by atoms with Gasteiger partial charge in [-0.3, -0.25) is 0 Å².